The number of urea groups is 1. The highest BCUT2D eigenvalue weighted by atomic mass is 19.5. The predicted octanol–water partition coefficient (Wildman–Crippen LogP) is 2.16. The van der Waals surface area contributed by atoms with Gasteiger partial charge in [0.2, 0.25) is 0 Å². The van der Waals surface area contributed by atoms with Gasteiger partial charge in [0.25, 0.3) is 5.69 Å². The van der Waals surface area contributed by atoms with E-state index in [4.69, 9.17) is 0 Å². The van der Waals surface area contributed by atoms with E-state index in [2.05, 4.69) is 20.8 Å². The number of rotatable bonds is 3. The molecule has 0 radical (unpaired) electrons. The van der Waals surface area contributed by atoms with Crippen molar-refractivity contribution >= 4 is 30.5 Å². The number of hydrogen-bond acceptors (Lipinski definition) is 3. The number of aromatic amines is 2. The number of H-pyrrole nitrogens is 2. The van der Waals surface area contributed by atoms with Gasteiger partial charge in [-0.3, -0.25) is 15.4 Å². The Hall–Kier alpha value is -3.16. The van der Waals surface area contributed by atoms with Crippen LogP contribution in [0.3, 0.4) is 0 Å². The SMILES string of the molecule is Cc1cc(NC(=O)Nc2cccc([N+](=O)[O-])c2)[nH+][nH]1.F[B-](F)(F)F.O. The zero-order valence-electron chi connectivity index (χ0n) is 12.6. The van der Waals surface area contributed by atoms with E-state index in [-0.39, 0.29) is 11.2 Å². The van der Waals surface area contributed by atoms with E-state index >= 15 is 0 Å². The Morgan fingerprint density at radius 1 is 1.24 bits per heavy atom. The molecule has 6 N–H and O–H groups in total. The number of nitrogens with zero attached hydrogens (tertiary/aromatic N) is 1. The van der Waals surface area contributed by atoms with Crippen LogP contribution in [0.15, 0.2) is 30.3 Å². The van der Waals surface area contributed by atoms with Gasteiger partial charge in [-0.05, 0) is 13.0 Å². The van der Waals surface area contributed by atoms with Crippen molar-refractivity contribution < 1.29 is 37.6 Å². The molecular weight excluding hydrogens is 353 g/mol. The fourth-order valence-corrected chi connectivity index (χ4v) is 1.50. The zero-order valence-corrected chi connectivity index (χ0v) is 12.6. The second-order valence-corrected chi connectivity index (χ2v) is 4.37. The van der Waals surface area contributed by atoms with E-state index in [0.717, 1.165) is 5.69 Å². The zero-order chi connectivity index (χ0) is 18.3. The van der Waals surface area contributed by atoms with Crippen molar-refractivity contribution in [1.29, 1.82) is 0 Å². The Balaban J connectivity index is 0.000000848. The number of nitro groups is 1. The number of carbonyl (C=O) groups excluding carboxylic acids is 1. The molecule has 2 rings (SSSR count). The Morgan fingerprint density at radius 3 is 2.32 bits per heavy atom. The molecule has 1 heterocycles. The van der Waals surface area contributed by atoms with Crippen LogP contribution in [0.2, 0.25) is 0 Å². The first-order chi connectivity index (χ1) is 11.0. The lowest BCUT2D eigenvalue weighted by atomic mass is 10.3. The highest BCUT2D eigenvalue weighted by molar-refractivity contribution is 6.50. The number of nitrogens with one attached hydrogen (secondary N) is 4. The van der Waals surface area contributed by atoms with E-state index < -0.39 is 18.2 Å². The molecule has 0 saturated heterocycles. The van der Waals surface area contributed by atoms with Gasteiger partial charge >= 0.3 is 19.1 Å². The van der Waals surface area contributed by atoms with Crippen LogP contribution in [0, 0.1) is 17.0 Å². The third-order valence-electron chi connectivity index (χ3n) is 2.32. The molecule has 14 heteroatoms. The number of amides is 2. The van der Waals surface area contributed by atoms with Crippen molar-refractivity contribution in [1.82, 2.24) is 5.10 Å². The fraction of sp³-hybridized carbons (Fsp3) is 0.0909. The van der Waals surface area contributed by atoms with Gasteiger partial charge in [0, 0.05) is 12.1 Å². The topological polar surface area (TPSA) is 146 Å². The summed E-state index contributed by atoms with van der Waals surface area (Å²) in [5.74, 6) is 0.500. The van der Waals surface area contributed by atoms with E-state index in [1.54, 1.807) is 12.1 Å². The lowest BCUT2D eigenvalue weighted by Crippen LogP contribution is -2.23. The molecule has 0 fully saturated rings. The number of benzene rings is 1. The van der Waals surface area contributed by atoms with Crippen LogP contribution in [-0.2, 0) is 0 Å². The average molecular weight is 367 g/mol. The summed E-state index contributed by atoms with van der Waals surface area (Å²) >= 11 is 0. The predicted molar refractivity (Wildman–Crippen MR) is 81.6 cm³/mol. The maximum absolute atomic E-state index is 11.6. The van der Waals surface area contributed by atoms with Crippen LogP contribution in [-0.4, -0.2) is 28.8 Å². The summed E-state index contributed by atoms with van der Waals surface area (Å²) in [6, 6.07) is 6.93. The summed E-state index contributed by atoms with van der Waals surface area (Å²) in [4.78, 5) is 21.7. The third-order valence-corrected chi connectivity index (χ3v) is 2.32. The average Bonchev–Trinajstić information content (AvgIpc) is 2.82. The second-order valence-electron chi connectivity index (χ2n) is 4.37. The summed E-state index contributed by atoms with van der Waals surface area (Å²) in [6.45, 7) is 1.83. The van der Waals surface area contributed by atoms with E-state index in [9.17, 15) is 32.2 Å². The first-order valence-electron chi connectivity index (χ1n) is 6.31. The number of nitro benzene ring substituents is 1. The molecule has 138 valence electrons. The minimum Gasteiger partial charge on any atom is -0.418 e. The third kappa shape index (κ3) is 9.55. The molecule has 25 heavy (non-hydrogen) atoms. The fourth-order valence-electron chi connectivity index (χ4n) is 1.50. The van der Waals surface area contributed by atoms with Crippen molar-refractivity contribution in [2.45, 2.75) is 6.92 Å². The lowest BCUT2D eigenvalue weighted by molar-refractivity contribution is -0.434. The molecule has 0 atom stereocenters. The summed E-state index contributed by atoms with van der Waals surface area (Å²) in [6.07, 6.45) is 0. The lowest BCUT2D eigenvalue weighted by Gasteiger charge is -2.01. The van der Waals surface area contributed by atoms with Crippen molar-refractivity contribution in [3.05, 3.63) is 46.1 Å². The van der Waals surface area contributed by atoms with Crippen LogP contribution in [0.4, 0.5) is 39.2 Å². The molecule has 1 aromatic heterocycles. The summed E-state index contributed by atoms with van der Waals surface area (Å²) in [7, 11) is -6.00. The van der Waals surface area contributed by atoms with Crippen LogP contribution in [0.25, 0.3) is 0 Å². The molecule has 0 unspecified atom stereocenters. The second kappa shape index (κ2) is 9.22. The molecule has 0 aliphatic rings. The largest absolute Gasteiger partial charge is 0.673 e. The normalized spacial score (nSPS) is 9.96. The van der Waals surface area contributed by atoms with Crippen LogP contribution < -0.4 is 15.7 Å². The number of carbonyl (C=O) groups is 1. The first-order valence-corrected chi connectivity index (χ1v) is 6.31. The van der Waals surface area contributed by atoms with Gasteiger partial charge in [-0.15, -0.1) is 0 Å². The summed E-state index contributed by atoms with van der Waals surface area (Å²) in [5.41, 5.74) is 1.13. The Bertz CT molecular complexity index is 718. The first kappa shape index (κ1) is 21.8. The van der Waals surface area contributed by atoms with Gasteiger partial charge in [0.05, 0.1) is 22.4 Å². The molecule has 0 bridgehead atoms. The Morgan fingerprint density at radius 2 is 1.84 bits per heavy atom. The van der Waals surface area contributed by atoms with E-state index in [1.807, 2.05) is 6.92 Å². The summed E-state index contributed by atoms with van der Waals surface area (Å²) in [5, 5.41) is 21.2. The van der Waals surface area contributed by atoms with Crippen molar-refractivity contribution in [3.63, 3.8) is 0 Å². The van der Waals surface area contributed by atoms with Gasteiger partial charge in [0.15, 0.2) is 0 Å². The van der Waals surface area contributed by atoms with Crippen LogP contribution in [0.5, 0.6) is 0 Å². The van der Waals surface area contributed by atoms with Crippen molar-refractivity contribution in [2.24, 2.45) is 0 Å². The number of non-ortho nitro benzene ring substituents is 1. The molecule has 2 aromatic rings. The van der Waals surface area contributed by atoms with Gasteiger partial charge < -0.3 is 22.7 Å². The minimum absolute atomic E-state index is 0. The van der Waals surface area contributed by atoms with Gasteiger partial charge in [-0.1, -0.05) is 6.07 Å². The van der Waals surface area contributed by atoms with E-state index in [0.29, 0.717) is 11.5 Å². The van der Waals surface area contributed by atoms with E-state index in [1.165, 1.54) is 18.2 Å². The monoisotopic (exact) mass is 367 g/mol. The number of aryl methyl sites for hydroxylation is 1. The number of anilines is 2. The molecule has 0 aliphatic carbocycles. The number of aromatic nitrogens is 2. The van der Waals surface area contributed by atoms with Crippen LogP contribution in [0.1, 0.15) is 5.69 Å². The Labute approximate surface area is 138 Å². The van der Waals surface area contributed by atoms with Gasteiger partial charge in [0.1, 0.15) is 0 Å². The molecule has 2 amide bonds. The molecule has 1 aromatic carbocycles. The minimum atomic E-state index is -6.00. The highest BCUT2D eigenvalue weighted by Gasteiger charge is 2.20. The smallest absolute Gasteiger partial charge is 0.418 e. The molecule has 0 saturated carbocycles. The Kier molecular flexibility index (Phi) is 8.05. The van der Waals surface area contributed by atoms with Crippen molar-refractivity contribution in [2.75, 3.05) is 10.6 Å². The molecular formula is C11H14BF4N5O4. The highest BCUT2D eigenvalue weighted by Crippen LogP contribution is 2.17. The van der Waals surface area contributed by atoms with Gasteiger partial charge in [-0.25, -0.2) is 9.89 Å². The standard InChI is InChI=1S/C11H11N5O3.BF4.H2O/c1-7-5-10(15-14-7)13-11(17)12-8-3-2-4-9(6-8)16(18)19;2-1(3,4)5;/h2-6H,1H3,(H3,12,13,14,15,17);;1H2/q;-1;/p+1. The summed E-state index contributed by atoms with van der Waals surface area (Å²) < 4.78 is 39.0. The quantitative estimate of drug-likeness (QED) is 0.331. The molecule has 9 nitrogen and oxygen atoms in total. The van der Waals surface area contributed by atoms with Gasteiger partial charge in [-0.2, -0.15) is 10.4 Å². The molecule has 0 aliphatic heterocycles. The maximum atomic E-state index is 11.6. The number of halogens is 4. The maximum Gasteiger partial charge on any atom is 0.673 e. The van der Waals surface area contributed by atoms with Crippen molar-refractivity contribution in [3.8, 4) is 0 Å². The van der Waals surface area contributed by atoms with Crippen LogP contribution >= 0.6 is 0 Å². The number of hydrogen-bond donors (Lipinski definition) is 3. The molecule has 0 spiro atoms.